The lowest BCUT2D eigenvalue weighted by molar-refractivity contribution is -0.123. The van der Waals surface area contributed by atoms with Gasteiger partial charge in [-0.2, -0.15) is 0 Å². The SMILES string of the molecule is O=C(CNC(=O)c1ccccc1)NCC(=O)Nc1cccc2c(=O)[nH][nH]c(=O)c12. The number of rotatable bonds is 6. The predicted octanol–water partition coefficient (Wildman–Crippen LogP) is -0.299. The maximum absolute atomic E-state index is 12.1. The minimum Gasteiger partial charge on any atom is -0.345 e. The summed E-state index contributed by atoms with van der Waals surface area (Å²) in [7, 11) is 0. The Morgan fingerprint density at radius 2 is 1.45 bits per heavy atom. The van der Waals surface area contributed by atoms with E-state index in [0.717, 1.165) is 0 Å². The number of fused-ring (bicyclic) bond motifs is 1. The summed E-state index contributed by atoms with van der Waals surface area (Å²) in [6.07, 6.45) is 0. The van der Waals surface area contributed by atoms with E-state index < -0.39 is 28.8 Å². The summed E-state index contributed by atoms with van der Waals surface area (Å²) in [4.78, 5) is 59.6. The number of aromatic amines is 2. The highest BCUT2D eigenvalue weighted by Crippen LogP contribution is 2.16. The molecule has 5 N–H and O–H groups in total. The molecule has 0 saturated heterocycles. The Labute approximate surface area is 163 Å². The smallest absolute Gasteiger partial charge is 0.272 e. The van der Waals surface area contributed by atoms with Gasteiger partial charge in [-0.05, 0) is 24.3 Å². The molecule has 0 radical (unpaired) electrons. The summed E-state index contributed by atoms with van der Waals surface area (Å²) in [5.41, 5.74) is -0.512. The molecule has 0 unspecified atom stereocenters. The molecule has 1 heterocycles. The average molecular weight is 395 g/mol. The lowest BCUT2D eigenvalue weighted by atomic mass is 10.1. The van der Waals surface area contributed by atoms with Gasteiger partial charge in [-0.25, -0.2) is 0 Å². The molecule has 3 aromatic rings. The van der Waals surface area contributed by atoms with Crippen LogP contribution in [0.4, 0.5) is 5.69 Å². The van der Waals surface area contributed by atoms with Gasteiger partial charge in [0.25, 0.3) is 17.0 Å². The van der Waals surface area contributed by atoms with Crippen LogP contribution in [-0.4, -0.2) is 41.0 Å². The molecule has 0 aliphatic carbocycles. The van der Waals surface area contributed by atoms with Crippen LogP contribution in [0.5, 0.6) is 0 Å². The van der Waals surface area contributed by atoms with Crippen LogP contribution in [-0.2, 0) is 9.59 Å². The highest BCUT2D eigenvalue weighted by Gasteiger charge is 2.12. The van der Waals surface area contributed by atoms with Crippen LogP contribution in [0, 0.1) is 0 Å². The van der Waals surface area contributed by atoms with Crippen LogP contribution in [0.3, 0.4) is 0 Å². The zero-order chi connectivity index (χ0) is 20.8. The molecule has 10 nitrogen and oxygen atoms in total. The highest BCUT2D eigenvalue weighted by atomic mass is 16.2. The van der Waals surface area contributed by atoms with Gasteiger partial charge in [-0.3, -0.25) is 34.2 Å². The van der Waals surface area contributed by atoms with E-state index in [4.69, 9.17) is 0 Å². The molecule has 0 aliphatic rings. The molecule has 29 heavy (non-hydrogen) atoms. The first-order valence-electron chi connectivity index (χ1n) is 8.59. The van der Waals surface area contributed by atoms with Gasteiger partial charge in [0, 0.05) is 5.56 Å². The van der Waals surface area contributed by atoms with E-state index in [1.54, 1.807) is 30.3 Å². The summed E-state index contributed by atoms with van der Waals surface area (Å²) >= 11 is 0. The van der Waals surface area contributed by atoms with Crippen molar-refractivity contribution in [2.75, 3.05) is 18.4 Å². The zero-order valence-electron chi connectivity index (χ0n) is 15.1. The first-order chi connectivity index (χ1) is 14.0. The number of carbonyl (C=O) groups is 3. The van der Waals surface area contributed by atoms with Crippen molar-refractivity contribution in [1.82, 2.24) is 20.8 Å². The largest absolute Gasteiger partial charge is 0.345 e. The summed E-state index contributed by atoms with van der Waals surface area (Å²) in [6.45, 7) is -0.679. The van der Waals surface area contributed by atoms with Crippen molar-refractivity contribution in [2.45, 2.75) is 0 Å². The fourth-order valence-electron chi connectivity index (χ4n) is 2.62. The van der Waals surface area contributed by atoms with Crippen LogP contribution >= 0.6 is 0 Å². The maximum atomic E-state index is 12.1. The van der Waals surface area contributed by atoms with Gasteiger partial charge in [0.15, 0.2) is 0 Å². The van der Waals surface area contributed by atoms with Crippen LogP contribution in [0.25, 0.3) is 10.8 Å². The van der Waals surface area contributed by atoms with Gasteiger partial charge in [0.1, 0.15) is 0 Å². The quantitative estimate of drug-likeness (QED) is 0.388. The topological polar surface area (TPSA) is 153 Å². The molecule has 0 bridgehead atoms. The van der Waals surface area contributed by atoms with Crippen molar-refractivity contribution in [3.63, 3.8) is 0 Å². The van der Waals surface area contributed by atoms with Crippen molar-refractivity contribution in [3.05, 3.63) is 74.8 Å². The molecule has 0 aliphatic heterocycles. The number of benzene rings is 2. The molecular weight excluding hydrogens is 378 g/mol. The van der Waals surface area contributed by atoms with E-state index in [1.807, 2.05) is 0 Å². The second kappa shape index (κ2) is 8.65. The van der Waals surface area contributed by atoms with Crippen molar-refractivity contribution in [1.29, 1.82) is 0 Å². The second-order valence-electron chi connectivity index (χ2n) is 6.01. The van der Waals surface area contributed by atoms with Gasteiger partial charge in [-0.1, -0.05) is 24.3 Å². The normalized spacial score (nSPS) is 10.3. The van der Waals surface area contributed by atoms with Gasteiger partial charge < -0.3 is 16.0 Å². The van der Waals surface area contributed by atoms with E-state index in [1.165, 1.54) is 18.2 Å². The van der Waals surface area contributed by atoms with Crippen LogP contribution in [0.1, 0.15) is 10.4 Å². The number of H-pyrrole nitrogens is 2. The molecule has 2 aromatic carbocycles. The first kappa shape index (κ1) is 19.5. The van der Waals surface area contributed by atoms with Gasteiger partial charge in [0.2, 0.25) is 11.8 Å². The van der Waals surface area contributed by atoms with E-state index in [9.17, 15) is 24.0 Å². The minimum atomic E-state index is -0.597. The first-order valence-corrected chi connectivity index (χ1v) is 8.59. The predicted molar refractivity (Wildman–Crippen MR) is 106 cm³/mol. The van der Waals surface area contributed by atoms with E-state index in [0.29, 0.717) is 5.56 Å². The summed E-state index contributed by atoms with van der Waals surface area (Å²) in [6, 6.07) is 12.8. The average Bonchev–Trinajstić information content (AvgIpc) is 2.74. The molecule has 3 rings (SSSR count). The summed E-state index contributed by atoms with van der Waals surface area (Å²) in [5, 5.41) is 11.8. The third-order valence-electron chi connectivity index (χ3n) is 3.99. The number of nitrogens with one attached hydrogen (secondary N) is 5. The third kappa shape index (κ3) is 4.75. The van der Waals surface area contributed by atoms with Crippen molar-refractivity contribution in [2.24, 2.45) is 0 Å². The zero-order valence-corrected chi connectivity index (χ0v) is 15.1. The van der Waals surface area contributed by atoms with E-state index in [-0.39, 0.29) is 29.5 Å². The second-order valence-corrected chi connectivity index (χ2v) is 6.01. The van der Waals surface area contributed by atoms with E-state index in [2.05, 4.69) is 26.1 Å². The van der Waals surface area contributed by atoms with Gasteiger partial charge in [-0.15, -0.1) is 0 Å². The molecule has 3 amide bonds. The van der Waals surface area contributed by atoms with E-state index >= 15 is 0 Å². The maximum Gasteiger partial charge on any atom is 0.272 e. The van der Waals surface area contributed by atoms with Gasteiger partial charge >= 0.3 is 0 Å². The number of hydrogen-bond donors (Lipinski definition) is 5. The Hall–Kier alpha value is -4.21. The Kier molecular flexibility index (Phi) is 5.83. The lowest BCUT2D eigenvalue weighted by Gasteiger charge is -2.09. The van der Waals surface area contributed by atoms with Crippen molar-refractivity contribution < 1.29 is 14.4 Å². The number of amides is 3. The van der Waals surface area contributed by atoms with Crippen LogP contribution in [0.15, 0.2) is 58.1 Å². The highest BCUT2D eigenvalue weighted by molar-refractivity contribution is 6.03. The number of hydrogen-bond acceptors (Lipinski definition) is 5. The Morgan fingerprint density at radius 3 is 2.21 bits per heavy atom. The Morgan fingerprint density at radius 1 is 0.759 bits per heavy atom. The van der Waals surface area contributed by atoms with Crippen LogP contribution < -0.4 is 27.1 Å². The molecule has 10 heteroatoms. The summed E-state index contributed by atoms with van der Waals surface area (Å²) in [5.74, 6) is -1.57. The fourth-order valence-corrected chi connectivity index (χ4v) is 2.62. The minimum absolute atomic E-state index is 0.0334. The lowest BCUT2D eigenvalue weighted by Crippen LogP contribution is -2.40. The molecule has 0 saturated carbocycles. The van der Waals surface area contributed by atoms with Gasteiger partial charge in [0.05, 0.1) is 29.5 Å². The van der Waals surface area contributed by atoms with Crippen molar-refractivity contribution in [3.8, 4) is 0 Å². The molecular formula is C19H17N5O5. The van der Waals surface area contributed by atoms with Crippen molar-refractivity contribution >= 4 is 34.2 Å². The number of anilines is 1. The third-order valence-corrected chi connectivity index (χ3v) is 3.99. The standard InChI is InChI=1S/C19H17N5O5/c25-14(9-21-17(27)11-5-2-1-3-6-11)20-10-15(26)22-13-8-4-7-12-16(13)19(29)24-23-18(12)28/h1-8H,9-10H2,(H,20,25)(H,21,27)(H,22,26)(H,23,28)(H,24,29). The van der Waals surface area contributed by atoms with Crippen LogP contribution in [0.2, 0.25) is 0 Å². The molecule has 0 spiro atoms. The Balaban J connectivity index is 1.55. The summed E-state index contributed by atoms with van der Waals surface area (Å²) < 4.78 is 0. The number of carbonyl (C=O) groups excluding carboxylic acids is 3. The number of aromatic nitrogens is 2. The monoisotopic (exact) mass is 395 g/mol. The fraction of sp³-hybridized carbons (Fsp3) is 0.105. The Bertz CT molecular complexity index is 1180. The molecule has 0 fully saturated rings. The molecule has 0 atom stereocenters. The molecule has 1 aromatic heterocycles. The molecule has 148 valence electrons.